The van der Waals surface area contributed by atoms with Crippen LogP contribution in [0.25, 0.3) is 0 Å². The fourth-order valence-electron chi connectivity index (χ4n) is 1.22. The molecule has 5 heteroatoms. The summed E-state index contributed by atoms with van der Waals surface area (Å²) in [4.78, 5) is 0.177. The third-order valence-electron chi connectivity index (χ3n) is 2.07. The third-order valence-corrected chi connectivity index (χ3v) is 3.38. The molecule has 0 saturated carbocycles. The van der Waals surface area contributed by atoms with Gasteiger partial charge in [0.25, 0.3) is 10.1 Å². The summed E-state index contributed by atoms with van der Waals surface area (Å²) < 4.78 is 28.2. The molecule has 0 amide bonds. The average molecular weight is 244 g/mol. The van der Waals surface area contributed by atoms with Gasteiger partial charge in [0.1, 0.15) is 0 Å². The van der Waals surface area contributed by atoms with E-state index in [-0.39, 0.29) is 18.1 Å². The van der Waals surface area contributed by atoms with Crippen molar-refractivity contribution >= 4 is 10.1 Å². The molecule has 0 aliphatic heterocycles. The van der Waals surface area contributed by atoms with Crippen LogP contribution in [0.5, 0.6) is 0 Å². The van der Waals surface area contributed by atoms with Crippen molar-refractivity contribution in [3.05, 3.63) is 29.8 Å². The number of unbranched alkanes of at least 4 members (excludes halogenated alkanes) is 1. The summed E-state index contributed by atoms with van der Waals surface area (Å²) in [6, 6.07) is 6.58. The van der Waals surface area contributed by atoms with Crippen LogP contribution in [0.4, 0.5) is 0 Å². The van der Waals surface area contributed by atoms with Gasteiger partial charge in [-0.1, -0.05) is 12.1 Å². The molecule has 0 heterocycles. The summed E-state index contributed by atoms with van der Waals surface area (Å²) in [5, 5.41) is 8.54. The molecule has 4 nitrogen and oxygen atoms in total. The largest absolute Gasteiger partial charge is 0.396 e. The zero-order chi connectivity index (χ0) is 12.0. The Hall–Kier alpha value is -0.910. The highest BCUT2D eigenvalue weighted by Gasteiger charge is 2.14. The standard InChI is InChI=1S/C11H16O4S/c1-10-5-4-6-11(9-10)16(13,14)15-8-3-2-7-12/h4-6,9,12H,2-3,7-8H2,1H3. The molecule has 0 bridgehead atoms. The number of rotatable bonds is 6. The topological polar surface area (TPSA) is 63.6 Å². The molecule has 0 spiro atoms. The fraction of sp³-hybridized carbons (Fsp3) is 0.455. The van der Waals surface area contributed by atoms with Crippen LogP contribution < -0.4 is 0 Å². The van der Waals surface area contributed by atoms with E-state index < -0.39 is 10.1 Å². The zero-order valence-electron chi connectivity index (χ0n) is 9.22. The summed E-state index contributed by atoms with van der Waals surface area (Å²) in [5.41, 5.74) is 0.875. The van der Waals surface area contributed by atoms with Crippen molar-refractivity contribution in [2.75, 3.05) is 13.2 Å². The monoisotopic (exact) mass is 244 g/mol. The first kappa shape index (κ1) is 13.2. The lowest BCUT2D eigenvalue weighted by Gasteiger charge is -2.05. The Kier molecular flexibility index (Phi) is 4.92. The highest BCUT2D eigenvalue weighted by atomic mass is 32.2. The number of hydrogen-bond acceptors (Lipinski definition) is 4. The number of aryl methyl sites for hydroxylation is 1. The fourth-order valence-corrected chi connectivity index (χ4v) is 2.27. The predicted octanol–water partition coefficient (Wildman–Crippen LogP) is 1.47. The van der Waals surface area contributed by atoms with E-state index in [0.29, 0.717) is 12.8 Å². The van der Waals surface area contributed by atoms with Gasteiger partial charge in [-0.15, -0.1) is 0 Å². The van der Waals surface area contributed by atoms with Crippen molar-refractivity contribution < 1.29 is 17.7 Å². The maximum absolute atomic E-state index is 11.7. The Morgan fingerprint density at radius 2 is 2.06 bits per heavy atom. The van der Waals surface area contributed by atoms with Crippen LogP contribution in [-0.4, -0.2) is 26.7 Å². The van der Waals surface area contributed by atoms with Gasteiger partial charge in [0.15, 0.2) is 0 Å². The highest BCUT2D eigenvalue weighted by Crippen LogP contribution is 2.14. The Bertz CT molecular complexity index is 425. The van der Waals surface area contributed by atoms with Crippen LogP contribution in [0.1, 0.15) is 18.4 Å². The maximum atomic E-state index is 11.7. The van der Waals surface area contributed by atoms with Gasteiger partial charge in [0.05, 0.1) is 11.5 Å². The first-order chi connectivity index (χ1) is 7.56. The van der Waals surface area contributed by atoms with Gasteiger partial charge in [-0.05, 0) is 37.5 Å². The van der Waals surface area contributed by atoms with E-state index in [9.17, 15) is 8.42 Å². The van der Waals surface area contributed by atoms with Gasteiger partial charge in [-0.2, -0.15) is 8.42 Å². The highest BCUT2D eigenvalue weighted by molar-refractivity contribution is 7.86. The number of aliphatic hydroxyl groups excluding tert-OH is 1. The molecule has 0 atom stereocenters. The molecule has 0 aromatic heterocycles. The van der Waals surface area contributed by atoms with Crippen LogP contribution >= 0.6 is 0 Å². The Morgan fingerprint density at radius 1 is 1.31 bits per heavy atom. The van der Waals surface area contributed by atoms with E-state index in [1.54, 1.807) is 12.1 Å². The summed E-state index contributed by atoms with van der Waals surface area (Å²) in [6.07, 6.45) is 1.07. The van der Waals surface area contributed by atoms with Crippen molar-refractivity contribution in [2.45, 2.75) is 24.7 Å². The molecular formula is C11H16O4S. The van der Waals surface area contributed by atoms with E-state index in [0.717, 1.165) is 5.56 Å². The number of aliphatic hydroxyl groups is 1. The first-order valence-electron chi connectivity index (χ1n) is 5.13. The van der Waals surface area contributed by atoms with Gasteiger partial charge in [0, 0.05) is 6.61 Å². The molecule has 90 valence electrons. The molecule has 0 fully saturated rings. The van der Waals surface area contributed by atoms with Gasteiger partial charge < -0.3 is 5.11 Å². The molecular weight excluding hydrogens is 228 g/mol. The van der Waals surface area contributed by atoms with Crippen molar-refractivity contribution in [1.29, 1.82) is 0 Å². The third kappa shape index (κ3) is 3.92. The van der Waals surface area contributed by atoms with Gasteiger partial charge >= 0.3 is 0 Å². The number of hydrogen-bond donors (Lipinski definition) is 1. The predicted molar refractivity (Wildman–Crippen MR) is 60.6 cm³/mol. The molecule has 16 heavy (non-hydrogen) atoms. The van der Waals surface area contributed by atoms with Crippen molar-refractivity contribution in [2.24, 2.45) is 0 Å². The maximum Gasteiger partial charge on any atom is 0.296 e. The Morgan fingerprint density at radius 3 is 2.69 bits per heavy atom. The van der Waals surface area contributed by atoms with Crippen LogP contribution in [0.2, 0.25) is 0 Å². The average Bonchev–Trinajstić information content (AvgIpc) is 2.24. The minimum absolute atomic E-state index is 0.0495. The minimum Gasteiger partial charge on any atom is -0.396 e. The molecule has 0 radical (unpaired) electrons. The second kappa shape index (κ2) is 5.98. The Labute approximate surface area is 96.0 Å². The molecule has 0 aliphatic carbocycles. The Balaban J connectivity index is 2.64. The smallest absolute Gasteiger partial charge is 0.296 e. The van der Waals surface area contributed by atoms with Crippen LogP contribution in [0.3, 0.4) is 0 Å². The van der Waals surface area contributed by atoms with Gasteiger partial charge in [-0.3, -0.25) is 4.18 Å². The second-order valence-corrected chi connectivity index (χ2v) is 5.14. The van der Waals surface area contributed by atoms with E-state index in [1.165, 1.54) is 6.07 Å². The van der Waals surface area contributed by atoms with Gasteiger partial charge in [-0.25, -0.2) is 0 Å². The SMILES string of the molecule is Cc1cccc(S(=O)(=O)OCCCCO)c1. The van der Waals surface area contributed by atoms with Gasteiger partial charge in [0.2, 0.25) is 0 Å². The van der Waals surface area contributed by atoms with Crippen LogP contribution in [-0.2, 0) is 14.3 Å². The molecule has 1 N–H and O–H groups in total. The lowest BCUT2D eigenvalue weighted by Crippen LogP contribution is -2.08. The first-order valence-corrected chi connectivity index (χ1v) is 6.54. The molecule has 1 rings (SSSR count). The molecule has 0 unspecified atom stereocenters. The number of benzene rings is 1. The minimum atomic E-state index is -3.64. The lowest BCUT2D eigenvalue weighted by atomic mass is 10.2. The van der Waals surface area contributed by atoms with Crippen molar-refractivity contribution in [3.8, 4) is 0 Å². The lowest BCUT2D eigenvalue weighted by molar-refractivity contribution is 0.255. The summed E-state index contributed by atoms with van der Waals surface area (Å²) in [7, 11) is -3.64. The van der Waals surface area contributed by atoms with E-state index in [4.69, 9.17) is 9.29 Å². The van der Waals surface area contributed by atoms with E-state index >= 15 is 0 Å². The van der Waals surface area contributed by atoms with Crippen LogP contribution in [0, 0.1) is 6.92 Å². The van der Waals surface area contributed by atoms with Crippen LogP contribution in [0.15, 0.2) is 29.2 Å². The molecule has 0 aliphatic rings. The van der Waals surface area contributed by atoms with Crippen molar-refractivity contribution in [3.63, 3.8) is 0 Å². The molecule has 1 aromatic rings. The zero-order valence-corrected chi connectivity index (χ0v) is 10.0. The normalized spacial score (nSPS) is 11.6. The summed E-state index contributed by atoms with van der Waals surface area (Å²) in [5.74, 6) is 0. The quantitative estimate of drug-likeness (QED) is 0.608. The summed E-state index contributed by atoms with van der Waals surface area (Å²) >= 11 is 0. The second-order valence-electron chi connectivity index (χ2n) is 3.52. The van der Waals surface area contributed by atoms with Crippen molar-refractivity contribution in [1.82, 2.24) is 0 Å². The molecule has 1 aromatic carbocycles. The summed E-state index contributed by atoms with van der Waals surface area (Å²) in [6.45, 7) is 1.98. The van der Waals surface area contributed by atoms with E-state index in [2.05, 4.69) is 0 Å². The molecule has 0 saturated heterocycles. The van der Waals surface area contributed by atoms with E-state index in [1.807, 2.05) is 13.0 Å².